The van der Waals surface area contributed by atoms with Crippen molar-refractivity contribution in [3.8, 4) is 0 Å². The Labute approximate surface area is 117 Å². The SMILES string of the molecule is O=C(O)C[C@H]1CCC(=O)[C@@H]1CC=CCCOS(=O)(=O)O. The van der Waals surface area contributed by atoms with Crippen molar-refractivity contribution in [3.63, 3.8) is 0 Å². The molecular weight excluding hydrogens is 288 g/mol. The standard InChI is InChI=1S/C12H18O7S/c13-11-6-5-9(8-12(14)15)10(11)4-2-1-3-7-19-20(16,17)18/h1-2,9-10H,3-8H2,(H,14,15)(H,16,17,18)/t9-,10-/m1/s1. The number of ketones is 1. The van der Waals surface area contributed by atoms with Gasteiger partial charge in [-0.05, 0) is 25.2 Å². The van der Waals surface area contributed by atoms with Crippen molar-refractivity contribution >= 4 is 22.2 Å². The fourth-order valence-electron chi connectivity index (χ4n) is 2.35. The summed E-state index contributed by atoms with van der Waals surface area (Å²) in [5.41, 5.74) is 0. The van der Waals surface area contributed by atoms with E-state index in [2.05, 4.69) is 4.18 Å². The molecule has 2 N–H and O–H groups in total. The Balaban J connectivity index is 2.35. The van der Waals surface area contributed by atoms with Gasteiger partial charge in [0.1, 0.15) is 5.78 Å². The van der Waals surface area contributed by atoms with Crippen LogP contribution in [0.15, 0.2) is 12.2 Å². The van der Waals surface area contributed by atoms with Crippen LogP contribution in [0.4, 0.5) is 0 Å². The van der Waals surface area contributed by atoms with Crippen molar-refractivity contribution < 1.29 is 31.8 Å². The third kappa shape index (κ3) is 6.27. The lowest BCUT2D eigenvalue weighted by Crippen LogP contribution is -2.17. The minimum absolute atomic E-state index is 0.00386. The van der Waals surface area contributed by atoms with E-state index in [1.54, 1.807) is 12.2 Å². The number of Topliss-reactive ketones (excluding diaryl/α,β-unsaturated/α-hetero) is 1. The lowest BCUT2D eigenvalue weighted by atomic mass is 9.89. The molecule has 2 atom stereocenters. The van der Waals surface area contributed by atoms with Crippen LogP contribution in [0.1, 0.15) is 32.1 Å². The van der Waals surface area contributed by atoms with Crippen molar-refractivity contribution in [3.05, 3.63) is 12.2 Å². The fraction of sp³-hybridized carbons (Fsp3) is 0.667. The number of carbonyl (C=O) groups is 2. The zero-order valence-electron chi connectivity index (χ0n) is 10.9. The van der Waals surface area contributed by atoms with E-state index in [0.29, 0.717) is 19.3 Å². The van der Waals surface area contributed by atoms with Crippen LogP contribution in [0.2, 0.25) is 0 Å². The summed E-state index contributed by atoms with van der Waals surface area (Å²) in [4.78, 5) is 22.3. The van der Waals surface area contributed by atoms with Gasteiger partial charge < -0.3 is 5.11 Å². The molecule has 0 unspecified atom stereocenters. The highest BCUT2D eigenvalue weighted by Gasteiger charge is 2.34. The molecular formula is C12H18O7S. The van der Waals surface area contributed by atoms with Gasteiger partial charge in [0.25, 0.3) is 0 Å². The maximum absolute atomic E-state index is 11.7. The molecule has 0 aromatic rings. The zero-order chi connectivity index (χ0) is 15.2. The highest BCUT2D eigenvalue weighted by atomic mass is 32.3. The van der Waals surface area contributed by atoms with Gasteiger partial charge in [0.05, 0.1) is 6.61 Å². The molecule has 0 aromatic carbocycles. The average Bonchev–Trinajstić information content (AvgIpc) is 2.63. The number of carboxylic acid groups (broad SMARTS) is 1. The minimum atomic E-state index is -4.41. The summed E-state index contributed by atoms with van der Waals surface area (Å²) in [6.07, 6.45) is 5.12. The topological polar surface area (TPSA) is 118 Å². The van der Waals surface area contributed by atoms with Gasteiger partial charge in [-0.2, -0.15) is 8.42 Å². The Kier molecular flexibility index (Phi) is 6.31. The first-order valence-corrected chi connectivity index (χ1v) is 7.67. The molecule has 1 saturated carbocycles. The Morgan fingerprint density at radius 1 is 1.40 bits per heavy atom. The number of rotatable bonds is 8. The second kappa shape index (κ2) is 7.51. The molecule has 1 rings (SSSR count). The lowest BCUT2D eigenvalue weighted by Gasteiger charge is -2.14. The first-order chi connectivity index (χ1) is 9.29. The normalized spacial score (nSPS) is 23.6. The van der Waals surface area contributed by atoms with Crippen LogP contribution in [0.3, 0.4) is 0 Å². The van der Waals surface area contributed by atoms with E-state index in [1.165, 1.54) is 0 Å². The smallest absolute Gasteiger partial charge is 0.397 e. The van der Waals surface area contributed by atoms with E-state index in [-0.39, 0.29) is 37.1 Å². The number of carboxylic acids is 1. The largest absolute Gasteiger partial charge is 0.481 e. The molecule has 114 valence electrons. The van der Waals surface area contributed by atoms with Crippen molar-refractivity contribution in [2.45, 2.75) is 32.1 Å². The average molecular weight is 306 g/mol. The van der Waals surface area contributed by atoms with Gasteiger partial charge in [0.15, 0.2) is 0 Å². The van der Waals surface area contributed by atoms with Crippen molar-refractivity contribution in [2.24, 2.45) is 11.8 Å². The van der Waals surface area contributed by atoms with Crippen LogP contribution in [0.25, 0.3) is 0 Å². The predicted molar refractivity (Wildman–Crippen MR) is 69.3 cm³/mol. The molecule has 0 aliphatic heterocycles. The van der Waals surface area contributed by atoms with Crippen LogP contribution < -0.4 is 0 Å². The molecule has 0 bridgehead atoms. The Hall–Kier alpha value is -1.25. The second-order valence-corrected chi connectivity index (χ2v) is 5.81. The molecule has 0 saturated heterocycles. The fourth-order valence-corrected chi connectivity index (χ4v) is 2.66. The van der Waals surface area contributed by atoms with E-state index >= 15 is 0 Å². The van der Waals surface area contributed by atoms with E-state index in [1.807, 2.05) is 0 Å². The van der Waals surface area contributed by atoms with Gasteiger partial charge in [-0.25, -0.2) is 4.18 Å². The van der Waals surface area contributed by atoms with Crippen molar-refractivity contribution in [1.29, 1.82) is 0 Å². The molecule has 0 spiro atoms. The summed E-state index contributed by atoms with van der Waals surface area (Å²) in [5.74, 6) is -1.22. The molecule has 0 radical (unpaired) electrons. The molecule has 0 heterocycles. The predicted octanol–water partition coefficient (Wildman–Crippen LogP) is 1.21. The number of hydrogen-bond donors (Lipinski definition) is 2. The van der Waals surface area contributed by atoms with Crippen molar-refractivity contribution in [2.75, 3.05) is 6.61 Å². The molecule has 7 nitrogen and oxygen atoms in total. The van der Waals surface area contributed by atoms with Gasteiger partial charge >= 0.3 is 16.4 Å². The Morgan fingerprint density at radius 2 is 2.10 bits per heavy atom. The summed E-state index contributed by atoms with van der Waals surface area (Å²) in [7, 11) is -4.41. The van der Waals surface area contributed by atoms with Gasteiger partial charge in [-0.1, -0.05) is 12.2 Å². The van der Waals surface area contributed by atoms with Crippen LogP contribution in [-0.2, 0) is 24.2 Å². The summed E-state index contributed by atoms with van der Waals surface area (Å²) >= 11 is 0. The third-order valence-electron chi connectivity index (χ3n) is 3.25. The monoisotopic (exact) mass is 306 g/mol. The second-order valence-electron chi connectivity index (χ2n) is 4.71. The Bertz CT molecular complexity index is 480. The van der Waals surface area contributed by atoms with Crippen LogP contribution in [0.5, 0.6) is 0 Å². The van der Waals surface area contributed by atoms with E-state index in [4.69, 9.17) is 9.66 Å². The first-order valence-electron chi connectivity index (χ1n) is 6.31. The van der Waals surface area contributed by atoms with Gasteiger partial charge in [-0.15, -0.1) is 0 Å². The minimum Gasteiger partial charge on any atom is -0.481 e. The number of allylic oxidation sites excluding steroid dienone is 1. The highest BCUT2D eigenvalue weighted by Crippen LogP contribution is 2.33. The third-order valence-corrected chi connectivity index (χ3v) is 3.72. The lowest BCUT2D eigenvalue weighted by molar-refractivity contribution is -0.138. The van der Waals surface area contributed by atoms with Gasteiger partial charge in [0, 0.05) is 18.8 Å². The maximum Gasteiger partial charge on any atom is 0.397 e. The molecule has 0 amide bonds. The highest BCUT2D eigenvalue weighted by molar-refractivity contribution is 7.80. The van der Waals surface area contributed by atoms with E-state index in [0.717, 1.165) is 0 Å². The zero-order valence-corrected chi connectivity index (χ0v) is 11.7. The molecule has 1 aliphatic carbocycles. The van der Waals surface area contributed by atoms with Gasteiger partial charge in [0.2, 0.25) is 0 Å². The summed E-state index contributed by atoms with van der Waals surface area (Å²) in [6, 6.07) is 0. The van der Waals surface area contributed by atoms with E-state index in [9.17, 15) is 18.0 Å². The van der Waals surface area contributed by atoms with E-state index < -0.39 is 16.4 Å². The summed E-state index contributed by atoms with van der Waals surface area (Å²) < 4.78 is 33.0. The van der Waals surface area contributed by atoms with Crippen LogP contribution in [0, 0.1) is 11.8 Å². The number of aliphatic carboxylic acids is 1. The molecule has 0 aromatic heterocycles. The Morgan fingerprint density at radius 3 is 2.70 bits per heavy atom. The number of hydrogen-bond acceptors (Lipinski definition) is 5. The quantitative estimate of drug-likeness (QED) is 0.393. The number of carbonyl (C=O) groups excluding carboxylic acids is 1. The van der Waals surface area contributed by atoms with Crippen molar-refractivity contribution in [1.82, 2.24) is 0 Å². The summed E-state index contributed by atoms with van der Waals surface area (Å²) in [5, 5.41) is 8.77. The molecule has 1 fully saturated rings. The molecule has 20 heavy (non-hydrogen) atoms. The molecule has 8 heteroatoms. The maximum atomic E-state index is 11.7. The molecule has 1 aliphatic rings. The van der Waals surface area contributed by atoms with Gasteiger partial charge in [-0.3, -0.25) is 14.1 Å². The first kappa shape index (κ1) is 16.8. The summed E-state index contributed by atoms with van der Waals surface area (Å²) in [6.45, 7) is -0.174. The van der Waals surface area contributed by atoms with Crippen LogP contribution in [-0.4, -0.2) is 36.4 Å². The van der Waals surface area contributed by atoms with Crippen LogP contribution >= 0.6 is 0 Å².